The number of benzene rings is 1. The highest BCUT2D eigenvalue weighted by molar-refractivity contribution is 8.93. The minimum atomic E-state index is -0.569. The molecular weight excluding hydrogens is 352 g/mol. The van der Waals surface area contributed by atoms with Crippen molar-refractivity contribution in [3.8, 4) is 0 Å². The Hall–Kier alpha value is -1.40. The monoisotopic (exact) mass is 368 g/mol. The molecule has 0 saturated carbocycles. The van der Waals surface area contributed by atoms with Gasteiger partial charge < -0.3 is 10.1 Å². The molecule has 112 valence electrons. The van der Waals surface area contributed by atoms with Crippen molar-refractivity contribution >= 4 is 45.1 Å². The molecule has 6 heteroatoms. The van der Waals surface area contributed by atoms with Crippen LogP contribution in [0.15, 0.2) is 29.6 Å². The second kappa shape index (κ2) is 6.15. The molecule has 2 heterocycles. The number of aryl methyl sites for hydroxylation is 1. The Kier molecular flexibility index (Phi) is 4.68. The van der Waals surface area contributed by atoms with E-state index in [2.05, 4.69) is 29.4 Å². The van der Waals surface area contributed by atoms with Crippen molar-refractivity contribution < 1.29 is 9.53 Å². The number of anilines is 2. The topological polar surface area (TPSA) is 51.2 Å². The molecule has 0 bridgehead atoms. The number of cyclic esters (lactones) is 1. The molecule has 1 aliphatic rings. The molecule has 0 aliphatic carbocycles. The van der Waals surface area contributed by atoms with E-state index in [-0.39, 0.29) is 23.0 Å². The van der Waals surface area contributed by atoms with E-state index < -0.39 is 5.60 Å². The van der Waals surface area contributed by atoms with Crippen molar-refractivity contribution in [1.29, 1.82) is 0 Å². The number of ether oxygens (including phenoxy) is 1. The van der Waals surface area contributed by atoms with E-state index in [0.717, 1.165) is 16.5 Å². The molecular formula is C15H17BrN2O2S. The molecule has 1 saturated heterocycles. The minimum Gasteiger partial charge on any atom is -0.453 e. The van der Waals surface area contributed by atoms with E-state index in [0.29, 0.717) is 12.8 Å². The van der Waals surface area contributed by atoms with Crippen molar-refractivity contribution in [2.75, 3.05) is 5.32 Å². The van der Waals surface area contributed by atoms with E-state index in [1.807, 2.05) is 24.4 Å². The van der Waals surface area contributed by atoms with Gasteiger partial charge in [0.1, 0.15) is 0 Å². The standard InChI is InChI=1S/C15H16N2O2S.BrH/c1-10-3-5-11(6-4-10)16-14-17-12(9-20-14)15(2)8-7-13(18)19-15;/h3-6,9H,7-8H2,1-2H3,(H,16,17);1H. The first-order valence-corrected chi connectivity index (χ1v) is 7.45. The first kappa shape index (κ1) is 16.0. The van der Waals surface area contributed by atoms with Crippen LogP contribution in [0.25, 0.3) is 0 Å². The van der Waals surface area contributed by atoms with Crippen LogP contribution >= 0.6 is 28.3 Å². The summed E-state index contributed by atoms with van der Waals surface area (Å²) in [6.07, 6.45) is 1.16. The number of nitrogens with one attached hydrogen (secondary N) is 1. The lowest BCUT2D eigenvalue weighted by Gasteiger charge is -2.19. The quantitative estimate of drug-likeness (QED) is 0.819. The summed E-state index contributed by atoms with van der Waals surface area (Å²) in [5.74, 6) is -0.145. The molecule has 1 N–H and O–H groups in total. The molecule has 1 aliphatic heterocycles. The lowest BCUT2D eigenvalue weighted by atomic mass is 10.00. The fourth-order valence-electron chi connectivity index (χ4n) is 2.21. The molecule has 1 fully saturated rings. The van der Waals surface area contributed by atoms with E-state index in [1.54, 1.807) is 0 Å². The van der Waals surface area contributed by atoms with Gasteiger partial charge in [-0.2, -0.15) is 0 Å². The summed E-state index contributed by atoms with van der Waals surface area (Å²) in [5, 5.41) is 6.04. The van der Waals surface area contributed by atoms with Gasteiger partial charge in [0.2, 0.25) is 0 Å². The van der Waals surface area contributed by atoms with Gasteiger partial charge in [0.15, 0.2) is 10.7 Å². The maximum absolute atomic E-state index is 11.3. The Bertz CT molecular complexity index is 641. The summed E-state index contributed by atoms with van der Waals surface area (Å²) in [6, 6.07) is 8.15. The molecule has 21 heavy (non-hydrogen) atoms. The largest absolute Gasteiger partial charge is 0.453 e. The van der Waals surface area contributed by atoms with Gasteiger partial charge in [-0.1, -0.05) is 17.7 Å². The van der Waals surface area contributed by atoms with Crippen molar-refractivity contribution in [1.82, 2.24) is 4.98 Å². The van der Waals surface area contributed by atoms with E-state index in [1.165, 1.54) is 16.9 Å². The number of carbonyl (C=O) groups is 1. The highest BCUT2D eigenvalue weighted by Crippen LogP contribution is 2.37. The number of esters is 1. The third-order valence-corrected chi connectivity index (χ3v) is 4.25. The van der Waals surface area contributed by atoms with Gasteiger partial charge >= 0.3 is 5.97 Å². The third-order valence-electron chi connectivity index (χ3n) is 3.49. The molecule has 1 atom stereocenters. The Morgan fingerprint density at radius 3 is 2.67 bits per heavy atom. The number of rotatable bonds is 3. The molecule has 1 unspecified atom stereocenters. The van der Waals surface area contributed by atoms with Gasteiger partial charge in [-0.05, 0) is 26.0 Å². The Labute approximate surface area is 138 Å². The van der Waals surface area contributed by atoms with Crippen molar-refractivity contribution in [2.45, 2.75) is 32.3 Å². The molecule has 2 aromatic rings. The predicted octanol–water partition coefficient (Wildman–Crippen LogP) is 4.33. The first-order valence-electron chi connectivity index (χ1n) is 6.57. The summed E-state index contributed by atoms with van der Waals surface area (Å²) in [5.41, 5.74) is 2.48. The van der Waals surface area contributed by atoms with E-state index in [9.17, 15) is 4.79 Å². The van der Waals surface area contributed by atoms with Gasteiger partial charge in [0.05, 0.1) is 5.69 Å². The van der Waals surface area contributed by atoms with Crippen LogP contribution < -0.4 is 5.32 Å². The third kappa shape index (κ3) is 3.44. The molecule has 0 spiro atoms. The normalized spacial score (nSPS) is 20.8. The van der Waals surface area contributed by atoms with Crippen LogP contribution in [0.5, 0.6) is 0 Å². The molecule has 4 nitrogen and oxygen atoms in total. The lowest BCUT2D eigenvalue weighted by Crippen LogP contribution is -2.21. The number of carbonyl (C=O) groups excluding carboxylic acids is 1. The van der Waals surface area contributed by atoms with E-state index in [4.69, 9.17) is 4.74 Å². The molecule has 0 amide bonds. The summed E-state index contributed by atoms with van der Waals surface area (Å²) in [4.78, 5) is 15.8. The summed E-state index contributed by atoms with van der Waals surface area (Å²) < 4.78 is 5.39. The highest BCUT2D eigenvalue weighted by atomic mass is 79.9. The molecule has 0 radical (unpaired) electrons. The van der Waals surface area contributed by atoms with Crippen molar-refractivity contribution in [3.63, 3.8) is 0 Å². The van der Waals surface area contributed by atoms with Gasteiger partial charge in [0.25, 0.3) is 0 Å². The average Bonchev–Trinajstić information content (AvgIpc) is 3.01. The molecule has 3 rings (SSSR count). The zero-order valence-corrected chi connectivity index (χ0v) is 14.4. The van der Waals surface area contributed by atoms with Crippen LogP contribution in [0.4, 0.5) is 10.8 Å². The molecule has 1 aromatic heterocycles. The van der Waals surface area contributed by atoms with Gasteiger partial charge in [-0.15, -0.1) is 28.3 Å². The average molecular weight is 369 g/mol. The Morgan fingerprint density at radius 2 is 2.05 bits per heavy atom. The number of nitrogens with zero attached hydrogens (tertiary/aromatic N) is 1. The Balaban J connectivity index is 0.00000161. The van der Waals surface area contributed by atoms with Crippen LogP contribution in [0.3, 0.4) is 0 Å². The summed E-state index contributed by atoms with van der Waals surface area (Å²) in [7, 11) is 0. The first-order chi connectivity index (χ1) is 9.55. The van der Waals surface area contributed by atoms with Gasteiger partial charge in [-0.3, -0.25) is 4.79 Å². The second-order valence-corrected chi connectivity index (χ2v) is 6.09. The van der Waals surface area contributed by atoms with Crippen LogP contribution in [0, 0.1) is 6.92 Å². The Morgan fingerprint density at radius 1 is 1.33 bits per heavy atom. The highest BCUT2D eigenvalue weighted by Gasteiger charge is 2.39. The maximum Gasteiger partial charge on any atom is 0.306 e. The van der Waals surface area contributed by atoms with Crippen LogP contribution in [-0.4, -0.2) is 11.0 Å². The zero-order chi connectivity index (χ0) is 14.2. The fourth-order valence-corrected chi connectivity index (χ4v) is 3.06. The zero-order valence-electron chi connectivity index (χ0n) is 11.9. The van der Waals surface area contributed by atoms with E-state index >= 15 is 0 Å². The van der Waals surface area contributed by atoms with Crippen LogP contribution in [0.1, 0.15) is 31.0 Å². The van der Waals surface area contributed by atoms with Crippen molar-refractivity contribution in [3.05, 3.63) is 40.9 Å². The fraction of sp³-hybridized carbons (Fsp3) is 0.333. The van der Waals surface area contributed by atoms with Crippen LogP contribution in [-0.2, 0) is 15.1 Å². The smallest absolute Gasteiger partial charge is 0.306 e. The maximum atomic E-state index is 11.3. The van der Waals surface area contributed by atoms with Crippen LogP contribution in [0.2, 0.25) is 0 Å². The summed E-state index contributed by atoms with van der Waals surface area (Å²) in [6.45, 7) is 3.98. The molecule has 1 aromatic carbocycles. The number of halogens is 1. The number of hydrogen-bond acceptors (Lipinski definition) is 5. The predicted molar refractivity (Wildman–Crippen MR) is 89.6 cm³/mol. The lowest BCUT2D eigenvalue weighted by molar-refractivity contribution is -0.148. The van der Waals surface area contributed by atoms with Gasteiger partial charge in [0, 0.05) is 23.9 Å². The SMILES string of the molecule is Br.Cc1ccc(Nc2nc(C3(C)CCC(=O)O3)cs2)cc1. The number of hydrogen-bond donors (Lipinski definition) is 1. The second-order valence-electron chi connectivity index (χ2n) is 5.23. The number of thiazole rings is 1. The minimum absolute atomic E-state index is 0. The summed E-state index contributed by atoms with van der Waals surface area (Å²) >= 11 is 1.52. The number of aromatic nitrogens is 1. The van der Waals surface area contributed by atoms with Gasteiger partial charge in [-0.25, -0.2) is 4.98 Å². The van der Waals surface area contributed by atoms with Crippen molar-refractivity contribution in [2.24, 2.45) is 0 Å².